The summed E-state index contributed by atoms with van der Waals surface area (Å²) in [5, 5.41) is 4.89. The van der Waals surface area contributed by atoms with Gasteiger partial charge in [0.25, 0.3) is 0 Å². The Morgan fingerprint density at radius 3 is 2.37 bits per heavy atom. The van der Waals surface area contributed by atoms with Crippen molar-refractivity contribution in [2.24, 2.45) is 0 Å². The zero-order chi connectivity index (χ0) is 24.9. The van der Waals surface area contributed by atoms with Crippen LogP contribution in [0.25, 0.3) is 0 Å². The Hall–Kier alpha value is -3.78. The molecule has 0 saturated carbocycles. The first kappa shape index (κ1) is 24.3. The maximum Gasteiger partial charge on any atom is 0.313 e. The SMILES string of the molecule is CN(C)c1ccc(C(CNC(=O)C(=O)Nc2ccc(F)cc2F)N2CCc3ccccc3C2)cc1. The smallest absolute Gasteiger partial charge is 0.313 e. The molecule has 0 aliphatic carbocycles. The number of rotatable bonds is 6. The number of nitrogens with one attached hydrogen (secondary N) is 2. The number of amides is 2. The Labute approximate surface area is 203 Å². The summed E-state index contributed by atoms with van der Waals surface area (Å²) in [6, 6.07) is 19.0. The molecule has 0 saturated heterocycles. The molecule has 8 heteroatoms. The van der Waals surface area contributed by atoms with Gasteiger partial charge in [0.05, 0.1) is 11.7 Å². The monoisotopic (exact) mass is 478 g/mol. The van der Waals surface area contributed by atoms with Gasteiger partial charge in [0.1, 0.15) is 11.6 Å². The number of hydrogen-bond donors (Lipinski definition) is 2. The Morgan fingerprint density at radius 1 is 0.971 bits per heavy atom. The predicted octanol–water partition coefficient (Wildman–Crippen LogP) is 3.89. The first-order valence-electron chi connectivity index (χ1n) is 11.4. The normalized spacial score (nSPS) is 14.1. The fourth-order valence-electron chi connectivity index (χ4n) is 4.28. The van der Waals surface area contributed by atoms with Crippen LogP contribution in [0.3, 0.4) is 0 Å². The molecule has 2 N–H and O–H groups in total. The van der Waals surface area contributed by atoms with Crippen LogP contribution < -0.4 is 15.5 Å². The van der Waals surface area contributed by atoms with E-state index in [9.17, 15) is 18.4 Å². The van der Waals surface area contributed by atoms with E-state index >= 15 is 0 Å². The second-order valence-corrected chi connectivity index (χ2v) is 8.78. The van der Waals surface area contributed by atoms with E-state index in [0.29, 0.717) is 6.07 Å². The van der Waals surface area contributed by atoms with Crippen LogP contribution in [0, 0.1) is 11.6 Å². The molecule has 3 aromatic rings. The van der Waals surface area contributed by atoms with E-state index in [1.807, 2.05) is 55.4 Å². The van der Waals surface area contributed by atoms with E-state index in [0.717, 1.165) is 42.9 Å². The molecular formula is C27H28F2N4O2. The standard InChI is InChI=1S/C27H28F2N4O2/c1-32(2)22-10-7-19(8-11-22)25(33-14-13-18-5-3-4-6-20(18)17-33)16-30-26(34)27(35)31-24-12-9-21(28)15-23(24)29/h3-12,15,25H,13-14,16-17H2,1-2H3,(H,30,34)(H,31,35). The molecule has 1 heterocycles. The summed E-state index contributed by atoms with van der Waals surface area (Å²) in [4.78, 5) is 29.2. The van der Waals surface area contributed by atoms with Crippen molar-refractivity contribution in [2.75, 3.05) is 37.4 Å². The third-order valence-corrected chi connectivity index (χ3v) is 6.24. The summed E-state index contributed by atoms with van der Waals surface area (Å²) in [7, 11) is 3.94. The van der Waals surface area contributed by atoms with Crippen LogP contribution in [0.15, 0.2) is 66.7 Å². The maximum absolute atomic E-state index is 13.9. The molecule has 1 aliphatic rings. The van der Waals surface area contributed by atoms with Crippen molar-refractivity contribution in [2.45, 2.75) is 19.0 Å². The average molecular weight is 479 g/mol. The summed E-state index contributed by atoms with van der Waals surface area (Å²) >= 11 is 0. The number of benzene rings is 3. The van der Waals surface area contributed by atoms with Crippen molar-refractivity contribution in [3.05, 3.63) is 95.1 Å². The molecule has 6 nitrogen and oxygen atoms in total. The van der Waals surface area contributed by atoms with Gasteiger partial charge in [-0.05, 0) is 47.4 Å². The van der Waals surface area contributed by atoms with Crippen LogP contribution in [0.2, 0.25) is 0 Å². The first-order chi connectivity index (χ1) is 16.8. The van der Waals surface area contributed by atoms with Gasteiger partial charge in [-0.1, -0.05) is 36.4 Å². The van der Waals surface area contributed by atoms with E-state index in [-0.39, 0.29) is 18.3 Å². The second kappa shape index (κ2) is 10.7. The van der Waals surface area contributed by atoms with E-state index in [2.05, 4.69) is 27.7 Å². The summed E-state index contributed by atoms with van der Waals surface area (Å²) in [6.45, 7) is 1.72. The van der Waals surface area contributed by atoms with Crippen molar-refractivity contribution >= 4 is 23.2 Å². The van der Waals surface area contributed by atoms with Crippen LogP contribution in [-0.4, -0.2) is 43.9 Å². The molecule has 4 rings (SSSR count). The van der Waals surface area contributed by atoms with Gasteiger partial charge in [-0.2, -0.15) is 0 Å². The quantitative estimate of drug-likeness (QED) is 0.528. The van der Waals surface area contributed by atoms with Gasteiger partial charge in [-0.25, -0.2) is 8.78 Å². The second-order valence-electron chi connectivity index (χ2n) is 8.78. The molecule has 3 aromatic carbocycles. The lowest BCUT2D eigenvalue weighted by Crippen LogP contribution is -2.43. The third kappa shape index (κ3) is 5.84. The molecule has 2 amide bonds. The van der Waals surface area contributed by atoms with Gasteiger partial charge in [0.2, 0.25) is 0 Å². The summed E-state index contributed by atoms with van der Waals surface area (Å²) in [5.74, 6) is -3.62. The lowest BCUT2D eigenvalue weighted by Gasteiger charge is -2.36. The topological polar surface area (TPSA) is 64.7 Å². The fraction of sp³-hybridized carbons (Fsp3) is 0.259. The number of fused-ring (bicyclic) bond motifs is 1. The van der Waals surface area contributed by atoms with Gasteiger partial charge < -0.3 is 15.5 Å². The fourth-order valence-corrected chi connectivity index (χ4v) is 4.28. The highest BCUT2D eigenvalue weighted by molar-refractivity contribution is 6.39. The molecule has 35 heavy (non-hydrogen) atoms. The Morgan fingerprint density at radius 2 is 1.69 bits per heavy atom. The Kier molecular flexibility index (Phi) is 7.41. The minimum atomic E-state index is -1.01. The molecule has 0 spiro atoms. The minimum absolute atomic E-state index is 0.168. The van der Waals surface area contributed by atoms with E-state index < -0.39 is 23.4 Å². The van der Waals surface area contributed by atoms with Gasteiger partial charge in [0.15, 0.2) is 0 Å². The zero-order valence-corrected chi connectivity index (χ0v) is 19.7. The average Bonchev–Trinajstić information content (AvgIpc) is 2.85. The molecule has 0 fully saturated rings. The molecule has 0 bridgehead atoms. The molecular weight excluding hydrogens is 450 g/mol. The largest absolute Gasteiger partial charge is 0.378 e. The third-order valence-electron chi connectivity index (χ3n) is 6.24. The van der Waals surface area contributed by atoms with Crippen LogP contribution in [-0.2, 0) is 22.6 Å². The van der Waals surface area contributed by atoms with Crippen molar-refractivity contribution in [1.82, 2.24) is 10.2 Å². The first-order valence-corrected chi connectivity index (χ1v) is 11.4. The molecule has 0 aromatic heterocycles. The number of halogens is 2. The van der Waals surface area contributed by atoms with Crippen molar-refractivity contribution in [1.29, 1.82) is 0 Å². The highest BCUT2D eigenvalue weighted by Gasteiger charge is 2.26. The van der Waals surface area contributed by atoms with Gasteiger partial charge in [0, 0.05) is 45.5 Å². The molecule has 1 aliphatic heterocycles. The lowest BCUT2D eigenvalue weighted by molar-refractivity contribution is -0.136. The van der Waals surface area contributed by atoms with Crippen LogP contribution in [0.5, 0.6) is 0 Å². The van der Waals surface area contributed by atoms with Crippen LogP contribution >= 0.6 is 0 Å². The molecule has 0 radical (unpaired) electrons. The lowest BCUT2D eigenvalue weighted by atomic mass is 9.96. The zero-order valence-electron chi connectivity index (χ0n) is 19.7. The van der Waals surface area contributed by atoms with Gasteiger partial charge >= 0.3 is 11.8 Å². The minimum Gasteiger partial charge on any atom is -0.378 e. The van der Waals surface area contributed by atoms with Crippen molar-refractivity contribution in [3.63, 3.8) is 0 Å². The van der Waals surface area contributed by atoms with E-state index in [4.69, 9.17) is 0 Å². The number of nitrogens with zero attached hydrogens (tertiary/aromatic N) is 2. The number of anilines is 2. The van der Waals surface area contributed by atoms with Crippen LogP contribution in [0.4, 0.5) is 20.2 Å². The summed E-state index contributed by atoms with van der Waals surface area (Å²) in [6.07, 6.45) is 0.890. The van der Waals surface area contributed by atoms with E-state index in [1.165, 1.54) is 11.1 Å². The number of carbonyl (C=O) groups excluding carboxylic acids is 2. The number of hydrogen-bond acceptors (Lipinski definition) is 4. The number of carbonyl (C=O) groups is 2. The summed E-state index contributed by atoms with van der Waals surface area (Å²) < 4.78 is 27.0. The van der Waals surface area contributed by atoms with Crippen LogP contribution in [0.1, 0.15) is 22.7 Å². The predicted molar refractivity (Wildman–Crippen MR) is 132 cm³/mol. The van der Waals surface area contributed by atoms with Gasteiger partial charge in [-0.15, -0.1) is 0 Å². The highest BCUT2D eigenvalue weighted by atomic mass is 19.1. The Bertz CT molecular complexity index is 1210. The van der Waals surface area contributed by atoms with Crippen molar-refractivity contribution < 1.29 is 18.4 Å². The highest BCUT2D eigenvalue weighted by Crippen LogP contribution is 2.28. The van der Waals surface area contributed by atoms with E-state index in [1.54, 1.807) is 0 Å². The van der Waals surface area contributed by atoms with Crippen molar-refractivity contribution in [3.8, 4) is 0 Å². The molecule has 1 atom stereocenters. The molecule has 1 unspecified atom stereocenters. The van der Waals surface area contributed by atoms with Gasteiger partial charge in [-0.3, -0.25) is 14.5 Å². The Balaban J connectivity index is 1.49. The maximum atomic E-state index is 13.9. The molecule has 182 valence electrons. The summed E-state index contributed by atoms with van der Waals surface area (Å²) in [5.41, 5.74) is 4.37.